The molecule has 0 bridgehead atoms. The van der Waals surface area contributed by atoms with Crippen molar-refractivity contribution in [2.75, 3.05) is 0 Å². The largest absolute Gasteiger partial charge is 0.414 e. The smallest absolute Gasteiger partial charge is 0.192 e. The van der Waals surface area contributed by atoms with Gasteiger partial charge >= 0.3 is 0 Å². The molecule has 0 heterocycles. The molecule has 0 aliphatic heterocycles. The van der Waals surface area contributed by atoms with Gasteiger partial charge in [0, 0.05) is 6.10 Å². The molecule has 2 nitrogen and oxygen atoms in total. The van der Waals surface area contributed by atoms with Crippen LogP contribution in [0.3, 0.4) is 0 Å². The zero-order chi connectivity index (χ0) is 21.7. The van der Waals surface area contributed by atoms with Crippen molar-refractivity contribution in [2.45, 2.75) is 96.6 Å². The summed E-state index contributed by atoms with van der Waals surface area (Å²) in [5, 5.41) is 10.7. The Labute approximate surface area is 180 Å². The lowest BCUT2D eigenvalue weighted by atomic mass is 9.83. The van der Waals surface area contributed by atoms with E-state index in [9.17, 15) is 5.11 Å². The average molecular weight is 417 g/mol. The Morgan fingerprint density at radius 3 is 2.41 bits per heavy atom. The molecule has 0 saturated heterocycles. The van der Waals surface area contributed by atoms with Crippen molar-refractivity contribution in [3.05, 3.63) is 48.6 Å². The van der Waals surface area contributed by atoms with Gasteiger partial charge in [0.1, 0.15) is 0 Å². The third kappa shape index (κ3) is 6.80. The number of benzene rings is 1. The summed E-state index contributed by atoms with van der Waals surface area (Å²) in [7, 11) is -1.81. The third-order valence-electron chi connectivity index (χ3n) is 7.51. The molecule has 29 heavy (non-hydrogen) atoms. The highest BCUT2D eigenvalue weighted by molar-refractivity contribution is 6.74. The highest BCUT2D eigenvalue weighted by Crippen LogP contribution is 2.43. The molecule has 1 aromatic rings. The van der Waals surface area contributed by atoms with E-state index in [2.05, 4.69) is 77.7 Å². The standard InChI is InChI=1S/C26H44O2Si/c1-8-12-24-23(20(2)19-25(24)27)18-17-22(28-29(6,7)26(3,4)5)16-15-21-13-10-9-11-14-21/h8-11,13-14,20,22-25,27H,1,12,15-19H2,2-7H3/t20-,22+,23+,24-,25+/m1/s1. The van der Waals surface area contributed by atoms with E-state index in [1.807, 2.05) is 6.08 Å². The van der Waals surface area contributed by atoms with Crippen LogP contribution in [0.15, 0.2) is 43.0 Å². The molecule has 0 radical (unpaired) electrons. The lowest BCUT2D eigenvalue weighted by Crippen LogP contribution is -2.44. The van der Waals surface area contributed by atoms with Crippen LogP contribution in [0.25, 0.3) is 0 Å². The van der Waals surface area contributed by atoms with Crippen LogP contribution < -0.4 is 0 Å². The first-order chi connectivity index (χ1) is 13.5. The van der Waals surface area contributed by atoms with Crippen LogP contribution in [0.1, 0.15) is 65.4 Å². The van der Waals surface area contributed by atoms with E-state index in [0.717, 1.165) is 38.5 Å². The van der Waals surface area contributed by atoms with Crippen molar-refractivity contribution in [1.29, 1.82) is 0 Å². The van der Waals surface area contributed by atoms with Gasteiger partial charge in [0.2, 0.25) is 0 Å². The number of allylic oxidation sites excluding steroid dienone is 1. The Morgan fingerprint density at radius 1 is 1.17 bits per heavy atom. The van der Waals surface area contributed by atoms with Crippen molar-refractivity contribution in [1.82, 2.24) is 0 Å². The SMILES string of the molecule is C=CC[C@@H]1[C@@H](CC[C@H](CCc2ccccc2)O[Si](C)(C)C(C)(C)C)[C@H](C)C[C@@H]1O. The van der Waals surface area contributed by atoms with Gasteiger partial charge in [0.25, 0.3) is 0 Å². The molecule has 0 aromatic heterocycles. The van der Waals surface area contributed by atoms with E-state index in [-0.39, 0.29) is 11.1 Å². The minimum absolute atomic E-state index is 0.169. The summed E-state index contributed by atoms with van der Waals surface area (Å²) in [5.41, 5.74) is 1.39. The Kier molecular flexibility index (Phi) is 8.75. The Balaban J connectivity index is 2.06. The maximum Gasteiger partial charge on any atom is 0.192 e. The third-order valence-corrected chi connectivity index (χ3v) is 12.0. The molecule has 1 saturated carbocycles. The second-order valence-corrected chi connectivity index (χ2v) is 15.5. The van der Waals surface area contributed by atoms with E-state index in [1.54, 1.807) is 0 Å². The van der Waals surface area contributed by atoms with Gasteiger partial charge in [0.15, 0.2) is 8.32 Å². The summed E-state index contributed by atoms with van der Waals surface area (Å²) < 4.78 is 6.90. The van der Waals surface area contributed by atoms with Gasteiger partial charge in [-0.2, -0.15) is 0 Å². The molecule has 1 aliphatic carbocycles. The van der Waals surface area contributed by atoms with Crippen molar-refractivity contribution in [3.63, 3.8) is 0 Å². The van der Waals surface area contributed by atoms with E-state index < -0.39 is 8.32 Å². The minimum Gasteiger partial charge on any atom is -0.414 e. The van der Waals surface area contributed by atoms with Crippen LogP contribution in [0.4, 0.5) is 0 Å². The Hall–Kier alpha value is -0.903. The highest BCUT2D eigenvalue weighted by Gasteiger charge is 2.41. The molecular weight excluding hydrogens is 372 g/mol. The summed E-state index contributed by atoms with van der Waals surface area (Å²) in [6.45, 7) is 17.9. The van der Waals surface area contributed by atoms with Crippen molar-refractivity contribution < 1.29 is 9.53 Å². The zero-order valence-electron chi connectivity index (χ0n) is 19.7. The first-order valence-corrected chi connectivity index (χ1v) is 14.5. The van der Waals surface area contributed by atoms with Gasteiger partial charge in [0.05, 0.1) is 6.10 Å². The van der Waals surface area contributed by atoms with E-state index in [0.29, 0.717) is 23.9 Å². The van der Waals surface area contributed by atoms with E-state index >= 15 is 0 Å². The zero-order valence-corrected chi connectivity index (χ0v) is 20.7. The van der Waals surface area contributed by atoms with E-state index in [4.69, 9.17) is 4.43 Å². The van der Waals surface area contributed by atoms with E-state index in [1.165, 1.54) is 5.56 Å². The predicted molar refractivity (Wildman–Crippen MR) is 128 cm³/mol. The Morgan fingerprint density at radius 2 is 1.83 bits per heavy atom. The van der Waals surface area contributed by atoms with Crippen molar-refractivity contribution in [2.24, 2.45) is 17.8 Å². The first-order valence-electron chi connectivity index (χ1n) is 11.6. The molecule has 0 amide bonds. The van der Waals surface area contributed by atoms with Gasteiger partial charge in [-0.3, -0.25) is 0 Å². The number of aliphatic hydroxyl groups excluding tert-OH is 1. The fourth-order valence-electron chi connectivity index (χ4n) is 4.67. The maximum atomic E-state index is 10.5. The summed E-state index contributed by atoms with van der Waals surface area (Å²) in [5.74, 6) is 1.52. The van der Waals surface area contributed by atoms with Gasteiger partial charge in [-0.15, -0.1) is 6.58 Å². The van der Waals surface area contributed by atoms with Gasteiger partial charge in [-0.1, -0.05) is 64.1 Å². The summed E-state index contributed by atoms with van der Waals surface area (Å²) >= 11 is 0. The number of hydrogen-bond donors (Lipinski definition) is 1. The molecule has 1 N–H and O–H groups in total. The number of aliphatic hydroxyl groups is 1. The lowest BCUT2D eigenvalue weighted by Gasteiger charge is -2.40. The van der Waals surface area contributed by atoms with Crippen LogP contribution in [-0.2, 0) is 10.8 Å². The molecule has 1 aliphatic rings. The normalized spacial score (nSPS) is 26.4. The second kappa shape index (κ2) is 10.4. The number of aryl methyl sites for hydroxylation is 1. The molecule has 164 valence electrons. The number of hydrogen-bond acceptors (Lipinski definition) is 2. The maximum absolute atomic E-state index is 10.5. The molecule has 0 unspecified atom stereocenters. The molecule has 2 rings (SSSR count). The predicted octanol–water partition coefficient (Wildman–Crippen LogP) is 7.00. The van der Waals surface area contributed by atoms with Crippen LogP contribution in [-0.4, -0.2) is 25.6 Å². The first kappa shape index (κ1) is 24.4. The fourth-order valence-corrected chi connectivity index (χ4v) is 6.09. The van der Waals surface area contributed by atoms with Gasteiger partial charge in [-0.25, -0.2) is 0 Å². The quantitative estimate of drug-likeness (QED) is 0.329. The Bertz CT molecular complexity index is 619. The summed E-state index contributed by atoms with van der Waals surface area (Å²) in [4.78, 5) is 0. The van der Waals surface area contributed by atoms with Crippen molar-refractivity contribution >= 4 is 8.32 Å². The van der Waals surface area contributed by atoms with Crippen LogP contribution in [0.2, 0.25) is 18.1 Å². The van der Waals surface area contributed by atoms with Crippen LogP contribution in [0.5, 0.6) is 0 Å². The summed E-state index contributed by atoms with van der Waals surface area (Å²) in [6, 6.07) is 10.8. The fraction of sp³-hybridized carbons (Fsp3) is 0.692. The molecule has 0 spiro atoms. The molecule has 3 heteroatoms. The highest BCUT2D eigenvalue weighted by atomic mass is 28.4. The topological polar surface area (TPSA) is 29.5 Å². The van der Waals surface area contributed by atoms with Crippen molar-refractivity contribution in [3.8, 4) is 0 Å². The van der Waals surface area contributed by atoms with Crippen LogP contribution in [0, 0.1) is 17.8 Å². The molecule has 5 atom stereocenters. The lowest BCUT2D eigenvalue weighted by molar-refractivity contribution is 0.106. The second-order valence-electron chi connectivity index (χ2n) is 10.7. The van der Waals surface area contributed by atoms with Gasteiger partial charge < -0.3 is 9.53 Å². The van der Waals surface area contributed by atoms with Gasteiger partial charge in [-0.05, 0) is 80.0 Å². The minimum atomic E-state index is -1.81. The van der Waals surface area contributed by atoms with Crippen LogP contribution >= 0.6 is 0 Å². The average Bonchev–Trinajstić information content (AvgIpc) is 2.90. The molecule has 1 aromatic carbocycles. The monoisotopic (exact) mass is 416 g/mol. The molecular formula is C26H44O2Si. The number of rotatable bonds is 10. The summed E-state index contributed by atoms with van der Waals surface area (Å²) in [6.07, 6.45) is 8.35. The molecule has 1 fully saturated rings.